The summed E-state index contributed by atoms with van der Waals surface area (Å²) in [5, 5.41) is 5.45. The molecule has 3 aliphatic rings. The Bertz CT molecular complexity index is 1390. The maximum Gasteiger partial charge on any atom is 0.410 e. The topological polar surface area (TPSA) is 67.7 Å². The SMILES string of the molecule is Cc1cc2c(cnn2C2CCN(C(=O)OC3CCC3)CC2)cc1-c1cc(F)c(C(=O)N2CCCC2)cc1F. The maximum atomic E-state index is 15.2. The Balaban J connectivity index is 1.21. The molecule has 38 heavy (non-hydrogen) atoms. The minimum atomic E-state index is -0.712. The lowest BCUT2D eigenvalue weighted by molar-refractivity contribution is 0.0207. The van der Waals surface area contributed by atoms with Crippen LogP contribution in [0.3, 0.4) is 0 Å². The molecule has 1 aliphatic carbocycles. The van der Waals surface area contributed by atoms with Crippen LogP contribution in [0.15, 0.2) is 30.5 Å². The fourth-order valence-corrected chi connectivity index (χ4v) is 5.79. The van der Waals surface area contributed by atoms with E-state index in [9.17, 15) is 9.59 Å². The fourth-order valence-electron chi connectivity index (χ4n) is 5.79. The Labute approximate surface area is 220 Å². The highest BCUT2D eigenvalue weighted by Crippen LogP contribution is 2.34. The second-order valence-electron chi connectivity index (χ2n) is 10.8. The van der Waals surface area contributed by atoms with Crippen LogP contribution in [0.2, 0.25) is 0 Å². The zero-order valence-corrected chi connectivity index (χ0v) is 21.6. The molecular formula is C29H32F2N4O3. The summed E-state index contributed by atoms with van der Waals surface area (Å²) in [6.45, 7) is 4.24. The molecule has 0 spiro atoms. The molecule has 0 atom stereocenters. The maximum absolute atomic E-state index is 15.2. The van der Waals surface area contributed by atoms with Gasteiger partial charge in [0, 0.05) is 37.1 Å². The van der Waals surface area contributed by atoms with E-state index in [1.54, 1.807) is 16.0 Å². The highest BCUT2D eigenvalue weighted by Gasteiger charge is 2.30. The van der Waals surface area contributed by atoms with Crippen molar-refractivity contribution in [2.75, 3.05) is 26.2 Å². The molecule has 2 amide bonds. The van der Waals surface area contributed by atoms with Gasteiger partial charge >= 0.3 is 6.09 Å². The van der Waals surface area contributed by atoms with Crippen molar-refractivity contribution in [2.45, 2.75) is 64.0 Å². The van der Waals surface area contributed by atoms with E-state index >= 15 is 8.78 Å². The zero-order valence-electron chi connectivity index (χ0n) is 21.6. The third-order valence-corrected chi connectivity index (χ3v) is 8.30. The van der Waals surface area contributed by atoms with Gasteiger partial charge in [0.15, 0.2) is 0 Å². The van der Waals surface area contributed by atoms with Crippen molar-refractivity contribution in [3.63, 3.8) is 0 Å². The number of nitrogens with zero attached hydrogens (tertiary/aromatic N) is 4. The van der Waals surface area contributed by atoms with Crippen molar-refractivity contribution in [2.24, 2.45) is 0 Å². The monoisotopic (exact) mass is 522 g/mol. The highest BCUT2D eigenvalue weighted by atomic mass is 19.1. The van der Waals surface area contributed by atoms with Gasteiger partial charge in [-0.1, -0.05) is 0 Å². The summed E-state index contributed by atoms with van der Waals surface area (Å²) in [5.74, 6) is -1.79. The van der Waals surface area contributed by atoms with Gasteiger partial charge in [-0.15, -0.1) is 0 Å². The summed E-state index contributed by atoms with van der Waals surface area (Å²) in [7, 11) is 0. The number of benzene rings is 2. The molecule has 3 aromatic rings. The van der Waals surface area contributed by atoms with E-state index < -0.39 is 17.5 Å². The Morgan fingerprint density at radius 1 is 0.868 bits per heavy atom. The van der Waals surface area contributed by atoms with E-state index in [0.717, 1.165) is 73.5 Å². The molecule has 2 saturated heterocycles. The Morgan fingerprint density at radius 2 is 1.61 bits per heavy atom. The van der Waals surface area contributed by atoms with Crippen molar-refractivity contribution < 1.29 is 23.1 Å². The number of aromatic nitrogens is 2. The van der Waals surface area contributed by atoms with Crippen LogP contribution in [0.1, 0.15) is 66.9 Å². The molecule has 0 unspecified atom stereocenters. The normalized spacial score (nSPS) is 18.7. The second-order valence-corrected chi connectivity index (χ2v) is 10.8. The number of hydrogen-bond acceptors (Lipinski definition) is 4. The molecule has 200 valence electrons. The summed E-state index contributed by atoms with van der Waals surface area (Å²) in [5.41, 5.74) is 2.19. The third-order valence-electron chi connectivity index (χ3n) is 8.30. The molecule has 0 radical (unpaired) electrons. The average molecular weight is 523 g/mol. The van der Waals surface area contributed by atoms with Crippen LogP contribution in [0.4, 0.5) is 13.6 Å². The number of fused-ring (bicyclic) bond motifs is 1. The summed E-state index contributed by atoms with van der Waals surface area (Å²) in [4.78, 5) is 28.4. The van der Waals surface area contributed by atoms with Crippen molar-refractivity contribution >= 4 is 22.9 Å². The molecule has 2 aliphatic heterocycles. The van der Waals surface area contributed by atoms with Crippen LogP contribution in [0.25, 0.3) is 22.0 Å². The summed E-state index contributed by atoms with van der Waals surface area (Å²) < 4.78 is 37.8. The largest absolute Gasteiger partial charge is 0.446 e. The van der Waals surface area contributed by atoms with Crippen molar-refractivity contribution in [3.05, 3.63) is 53.2 Å². The predicted molar refractivity (Wildman–Crippen MR) is 139 cm³/mol. The van der Waals surface area contributed by atoms with Crippen LogP contribution in [-0.2, 0) is 4.74 Å². The molecule has 1 aromatic heterocycles. The van der Waals surface area contributed by atoms with E-state index in [4.69, 9.17) is 4.74 Å². The molecule has 7 nitrogen and oxygen atoms in total. The first-order valence-corrected chi connectivity index (χ1v) is 13.6. The number of likely N-dealkylation sites (tertiary alicyclic amines) is 2. The Kier molecular flexibility index (Phi) is 6.53. The van der Waals surface area contributed by atoms with Gasteiger partial charge in [-0.3, -0.25) is 9.48 Å². The van der Waals surface area contributed by atoms with E-state index in [-0.39, 0.29) is 29.4 Å². The smallest absolute Gasteiger partial charge is 0.410 e. The molecule has 3 fully saturated rings. The van der Waals surface area contributed by atoms with Gasteiger partial charge in [-0.05, 0) is 87.3 Å². The van der Waals surface area contributed by atoms with E-state index in [1.165, 1.54) is 0 Å². The number of rotatable bonds is 4. The number of halogens is 2. The standard InChI is InChI=1S/C29H32F2N4O3/c1-18-13-27-19(17-32-35(27)20-7-11-34(12-8-20)29(37)38-21-5-4-6-21)14-22(18)23-15-26(31)24(16-25(23)30)28(36)33-9-2-3-10-33/h13-17,20-21H,2-12H2,1H3. The minimum absolute atomic E-state index is 0.0764. The molecule has 2 aromatic carbocycles. The second kappa shape index (κ2) is 10.0. The molecule has 6 rings (SSSR count). The van der Waals surface area contributed by atoms with E-state index in [1.807, 2.05) is 23.7 Å². The number of aryl methyl sites for hydroxylation is 1. The van der Waals surface area contributed by atoms with Crippen LogP contribution in [0, 0.1) is 18.6 Å². The number of ether oxygens (including phenoxy) is 1. The van der Waals surface area contributed by atoms with Crippen molar-refractivity contribution in [1.29, 1.82) is 0 Å². The lowest BCUT2D eigenvalue weighted by Gasteiger charge is -2.34. The number of carbonyl (C=O) groups is 2. The van der Waals surface area contributed by atoms with Gasteiger partial charge in [-0.25, -0.2) is 13.6 Å². The zero-order chi connectivity index (χ0) is 26.4. The predicted octanol–water partition coefficient (Wildman–Crippen LogP) is 5.85. The first-order valence-electron chi connectivity index (χ1n) is 13.6. The highest BCUT2D eigenvalue weighted by molar-refractivity contribution is 5.95. The van der Waals surface area contributed by atoms with Gasteiger partial charge in [0.1, 0.15) is 17.7 Å². The molecule has 0 N–H and O–H groups in total. The van der Waals surface area contributed by atoms with Gasteiger partial charge < -0.3 is 14.5 Å². The average Bonchev–Trinajstić information content (AvgIpc) is 3.57. The summed E-state index contributed by atoms with van der Waals surface area (Å²) in [6, 6.07) is 6.09. The number of carbonyl (C=O) groups excluding carboxylic acids is 2. The number of hydrogen-bond donors (Lipinski definition) is 0. The van der Waals surface area contributed by atoms with E-state index in [0.29, 0.717) is 31.7 Å². The van der Waals surface area contributed by atoms with Gasteiger partial charge in [0.05, 0.1) is 23.3 Å². The van der Waals surface area contributed by atoms with Crippen LogP contribution < -0.4 is 0 Å². The molecule has 0 bridgehead atoms. The lowest BCUT2D eigenvalue weighted by Crippen LogP contribution is -2.41. The Hall–Kier alpha value is -3.49. The first kappa shape index (κ1) is 24.8. The van der Waals surface area contributed by atoms with Crippen molar-refractivity contribution in [3.8, 4) is 11.1 Å². The molecular weight excluding hydrogens is 490 g/mol. The van der Waals surface area contributed by atoms with Crippen LogP contribution in [-0.4, -0.2) is 63.9 Å². The lowest BCUT2D eigenvalue weighted by atomic mass is 9.96. The van der Waals surface area contributed by atoms with Crippen LogP contribution >= 0.6 is 0 Å². The first-order chi connectivity index (χ1) is 18.4. The molecule has 3 heterocycles. The third kappa shape index (κ3) is 4.52. The minimum Gasteiger partial charge on any atom is -0.446 e. The molecule has 1 saturated carbocycles. The summed E-state index contributed by atoms with van der Waals surface area (Å²) in [6.07, 6.45) is 7.94. The van der Waals surface area contributed by atoms with Gasteiger partial charge in [0.2, 0.25) is 0 Å². The quantitative estimate of drug-likeness (QED) is 0.431. The van der Waals surface area contributed by atoms with Gasteiger partial charge in [-0.2, -0.15) is 5.10 Å². The Morgan fingerprint density at radius 3 is 2.29 bits per heavy atom. The van der Waals surface area contributed by atoms with Crippen LogP contribution in [0.5, 0.6) is 0 Å². The number of amides is 2. The fraction of sp³-hybridized carbons (Fsp3) is 0.483. The van der Waals surface area contributed by atoms with E-state index in [2.05, 4.69) is 5.10 Å². The number of piperidine rings is 1. The van der Waals surface area contributed by atoms with Gasteiger partial charge in [0.25, 0.3) is 5.91 Å². The summed E-state index contributed by atoms with van der Waals surface area (Å²) >= 11 is 0. The molecule has 9 heteroatoms. The van der Waals surface area contributed by atoms with Crippen molar-refractivity contribution in [1.82, 2.24) is 19.6 Å².